The maximum atomic E-state index is 11.9. The Bertz CT molecular complexity index is 712. The van der Waals surface area contributed by atoms with Gasteiger partial charge in [-0.2, -0.15) is 0 Å². The van der Waals surface area contributed by atoms with E-state index in [-0.39, 0.29) is 12.5 Å². The third-order valence-corrected chi connectivity index (χ3v) is 5.03. The summed E-state index contributed by atoms with van der Waals surface area (Å²) in [6.07, 6.45) is 3.98. The summed E-state index contributed by atoms with van der Waals surface area (Å²) in [6.45, 7) is 3.97. The molecule has 0 unspecified atom stereocenters. The van der Waals surface area contributed by atoms with Crippen molar-refractivity contribution in [1.82, 2.24) is 10.2 Å². The van der Waals surface area contributed by atoms with Gasteiger partial charge < -0.3 is 10.1 Å². The Labute approximate surface area is 163 Å². The first-order valence-electron chi connectivity index (χ1n) is 9.14. The number of hydrogen-bond acceptors (Lipinski definition) is 3. The monoisotopic (exact) mass is 416 g/mol. The lowest BCUT2D eigenvalue weighted by atomic mass is 10.1. The summed E-state index contributed by atoms with van der Waals surface area (Å²) in [5, 5.41) is 2.90. The van der Waals surface area contributed by atoms with Crippen molar-refractivity contribution in [3.05, 3.63) is 64.1 Å². The molecule has 4 nitrogen and oxygen atoms in total. The van der Waals surface area contributed by atoms with Gasteiger partial charge in [-0.05, 0) is 55.3 Å². The van der Waals surface area contributed by atoms with E-state index < -0.39 is 0 Å². The third-order valence-electron chi connectivity index (χ3n) is 4.53. The zero-order chi connectivity index (χ0) is 18.2. The number of rotatable bonds is 7. The lowest BCUT2D eigenvalue weighted by molar-refractivity contribution is -0.123. The first kappa shape index (κ1) is 18.9. The van der Waals surface area contributed by atoms with Gasteiger partial charge in [0.15, 0.2) is 6.61 Å². The highest BCUT2D eigenvalue weighted by molar-refractivity contribution is 9.10. The quantitative estimate of drug-likeness (QED) is 0.737. The fraction of sp³-hybridized carbons (Fsp3) is 0.381. The topological polar surface area (TPSA) is 41.6 Å². The van der Waals surface area contributed by atoms with Crippen LogP contribution in [0.4, 0.5) is 0 Å². The maximum Gasteiger partial charge on any atom is 0.258 e. The minimum absolute atomic E-state index is 0.0174. The van der Waals surface area contributed by atoms with E-state index in [1.807, 2.05) is 24.3 Å². The van der Waals surface area contributed by atoms with Crippen molar-refractivity contribution in [1.29, 1.82) is 0 Å². The van der Waals surface area contributed by atoms with E-state index in [1.165, 1.54) is 37.9 Å². The standard InChI is InChI=1S/C21H25BrN2O2/c22-19-5-4-6-20(13-19)26-16-21(25)23-14-17-7-9-18(10-8-17)15-24-11-2-1-3-12-24/h4-10,13H,1-3,11-12,14-16H2,(H,23,25). The van der Waals surface area contributed by atoms with Crippen LogP contribution >= 0.6 is 15.9 Å². The number of amides is 1. The highest BCUT2D eigenvalue weighted by Gasteiger charge is 2.10. The lowest BCUT2D eigenvalue weighted by Crippen LogP contribution is -2.29. The number of hydrogen-bond donors (Lipinski definition) is 1. The predicted molar refractivity (Wildman–Crippen MR) is 107 cm³/mol. The number of carbonyl (C=O) groups is 1. The summed E-state index contributed by atoms with van der Waals surface area (Å²) >= 11 is 3.38. The van der Waals surface area contributed by atoms with Gasteiger partial charge in [0, 0.05) is 17.6 Å². The van der Waals surface area contributed by atoms with Crippen molar-refractivity contribution in [2.75, 3.05) is 19.7 Å². The summed E-state index contributed by atoms with van der Waals surface area (Å²) in [5.41, 5.74) is 2.43. The van der Waals surface area contributed by atoms with E-state index in [9.17, 15) is 4.79 Å². The Balaban J connectivity index is 1.40. The minimum atomic E-state index is -0.123. The van der Waals surface area contributed by atoms with Gasteiger partial charge in [-0.1, -0.05) is 52.7 Å². The SMILES string of the molecule is O=C(COc1cccc(Br)c1)NCc1ccc(CN2CCCCC2)cc1. The summed E-state index contributed by atoms with van der Waals surface area (Å²) in [7, 11) is 0. The number of nitrogens with zero attached hydrogens (tertiary/aromatic N) is 1. The molecule has 3 rings (SSSR count). The molecule has 138 valence electrons. The van der Waals surface area contributed by atoms with E-state index in [0.29, 0.717) is 12.3 Å². The molecular weight excluding hydrogens is 392 g/mol. The van der Waals surface area contributed by atoms with Crippen LogP contribution in [-0.2, 0) is 17.9 Å². The fourth-order valence-corrected chi connectivity index (χ4v) is 3.47. The van der Waals surface area contributed by atoms with Gasteiger partial charge in [0.2, 0.25) is 0 Å². The molecule has 0 bridgehead atoms. The van der Waals surface area contributed by atoms with E-state index in [0.717, 1.165) is 16.6 Å². The van der Waals surface area contributed by atoms with Crippen LogP contribution in [0.3, 0.4) is 0 Å². The minimum Gasteiger partial charge on any atom is -0.484 e. The van der Waals surface area contributed by atoms with Gasteiger partial charge in [-0.15, -0.1) is 0 Å². The van der Waals surface area contributed by atoms with E-state index >= 15 is 0 Å². The summed E-state index contributed by atoms with van der Waals surface area (Å²) in [4.78, 5) is 14.5. The zero-order valence-electron chi connectivity index (χ0n) is 14.9. The van der Waals surface area contributed by atoms with Gasteiger partial charge in [0.1, 0.15) is 5.75 Å². The highest BCUT2D eigenvalue weighted by atomic mass is 79.9. The molecule has 0 aliphatic carbocycles. The Morgan fingerprint density at radius 2 is 1.77 bits per heavy atom. The average Bonchev–Trinajstić information content (AvgIpc) is 2.67. The van der Waals surface area contributed by atoms with Crippen molar-refractivity contribution in [3.8, 4) is 5.75 Å². The van der Waals surface area contributed by atoms with Crippen molar-refractivity contribution in [3.63, 3.8) is 0 Å². The number of halogens is 1. The molecule has 0 spiro atoms. The van der Waals surface area contributed by atoms with Crippen molar-refractivity contribution in [2.45, 2.75) is 32.4 Å². The molecule has 1 aliphatic rings. The summed E-state index contributed by atoms with van der Waals surface area (Å²) in [5.74, 6) is 0.555. The first-order valence-corrected chi connectivity index (χ1v) is 9.93. The Morgan fingerprint density at radius 3 is 2.50 bits per heavy atom. The molecule has 2 aromatic rings. The van der Waals surface area contributed by atoms with Gasteiger partial charge >= 0.3 is 0 Å². The molecule has 1 amide bonds. The van der Waals surface area contributed by atoms with Crippen LogP contribution in [0.25, 0.3) is 0 Å². The first-order chi connectivity index (χ1) is 12.7. The molecule has 0 saturated carbocycles. The second-order valence-electron chi connectivity index (χ2n) is 6.68. The molecular formula is C21H25BrN2O2. The maximum absolute atomic E-state index is 11.9. The lowest BCUT2D eigenvalue weighted by Gasteiger charge is -2.26. The molecule has 0 atom stereocenters. The summed E-state index contributed by atoms with van der Waals surface area (Å²) < 4.78 is 6.42. The molecule has 1 heterocycles. The number of ether oxygens (including phenoxy) is 1. The number of piperidine rings is 1. The third kappa shape index (κ3) is 6.15. The van der Waals surface area contributed by atoms with Crippen LogP contribution in [0.15, 0.2) is 53.0 Å². The van der Waals surface area contributed by atoms with Crippen molar-refractivity contribution < 1.29 is 9.53 Å². The molecule has 1 fully saturated rings. The van der Waals surface area contributed by atoms with Gasteiger partial charge in [0.25, 0.3) is 5.91 Å². The fourth-order valence-electron chi connectivity index (χ4n) is 3.10. The molecule has 5 heteroatoms. The Hall–Kier alpha value is -1.85. The zero-order valence-corrected chi connectivity index (χ0v) is 16.5. The van der Waals surface area contributed by atoms with Crippen LogP contribution in [0.1, 0.15) is 30.4 Å². The van der Waals surface area contributed by atoms with Crippen LogP contribution in [0.5, 0.6) is 5.75 Å². The highest BCUT2D eigenvalue weighted by Crippen LogP contribution is 2.17. The predicted octanol–water partition coefficient (Wildman–Crippen LogP) is 4.13. The van der Waals surface area contributed by atoms with Gasteiger partial charge in [0.05, 0.1) is 0 Å². The molecule has 1 saturated heterocycles. The van der Waals surface area contributed by atoms with Crippen molar-refractivity contribution in [2.24, 2.45) is 0 Å². The Morgan fingerprint density at radius 1 is 1.04 bits per heavy atom. The molecule has 1 N–H and O–H groups in total. The average molecular weight is 417 g/mol. The number of benzene rings is 2. The van der Waals surface area contributed by atoms with Crippen LogP contribution in [-0.4, -0.2) is 30.5 Å². The molecule has 1 aliphatic heterocycles. The van der Waals surface area contributed by atoms with Crippen LogP contribution in [0, 0.1) is 0 Å². The summed E-state index contributed by atoms with van der Waals surface area (Å²) in [6, 6.07) is 16.0. The molecule has 0 radical (unpaired) electrons. The van der Waals surface area contributed by atoms with Crippen LogP contribution in [0.2, 0.25) is 0 Å². The number of carbonyl (C=O) groups excluding carboxylic acids is 1. The number of likely N-dealkylation sites (tertiary alicyclic amines) is 1. The van der Waals surface area contributed by atoms with Crippen LogP contribution < -0.4 is 10.1 Å². The smallest absolute Gasteiger partial charge is 0.258 e. The van der Waals surface area contributed by atoms with E-state index in [4.69, 9.17) is 4.74 Å². The van der Waals surface area contributed by atoms with Gasteiger partial charge in [-0.25, -0.2) is 0 Å². The largest absolute Gasteiger partial charge is 0.484 e. The molecule has 2 aromatic carbocycles. The van der Waals surface area contributed by atoms with E-state index in [2.05, 4.69) is 50.4 Å². The van der Waals surface area contributed by atoms with E-state index in [1.54, 1.807) is 0 Å². The second-order valence-corrected chi connectivity index (χ2v) is 7.59. The molecule has 0 aromatic heterocycles. The number of nitrogens with one attached hydrogen (secondary N) is 1. The van der Waals surface area contributed by atoms with Crippen molar-refractivity contribution >= 4 is 21.8 Å². The Kier molecular flexibility index (Phi) is 7.09. The molecule has 26 heavy (non-hydrogen) atoms. The second kappa shape index (κ2) is 9.74. The van der Waals surface area contributed by atoms with Gasteiger partial charge in [-0.3, -0.25) is 9.69 Å². The normalized spacial score (nSPS) is 14.8.